The third-order valence-electron chi connectivity index (χ3n) is 3.43. The third kappa shape index (κ3) is 3.06. The lowest BCUT2D eigenvalue weighted by Gasteiger charge is -2.24. The first kappa shape index (κ1) is 14.3. The van der Waals surface area contributed by atoms with E-state index in [1.807, 2.05) is 0 Å². The molecule has 0 spiro atoms. The molecule has 0 aromatic heterocycles. The number of piperidine rings is 1. The summed E-state index contributed by atoms with van der Waals surface area (Å²) < 4.78 is 42.3. The van der Waals surface area contributed by atoms with Gasteiger partial charge in [0.2, 0.25) is 0 Å². The van der Waals surface area contributed by atoms with Crippen molar-refractivity contribution in [3.8, 4) is 5.75 Å². The van der Waals surface area contributed by atoms with E-state index in [1.54, 1.807) is 6.07 Å². The third-order valence-corrected chi connectivity index (χ3v) is 4.57. The Morgan fingerprint density at radius 1 is 1.32 bits per heavy atom. The average molecular weight is 287 g/mol. The van der Waals surface area contributed by atoms with Gasteiger partial charge in [-0.15, -0.1) is 0 Å². The second-order valence-electron chi connectivity index (χ2n) is 4.83. The molecule has 1 aromatic rings. The van der Waals surface area contributed by atoms with E-state index in [4.69, 9.17) is 4.74 Å². The Balaban J connectivity index is 2.47. The van der Waals surface area contributed by atoms with Crippen molar-refractivity contribution in [1.82, 2.24) is 5.32 Å². The molecule has 106 valence electrons. The molecule has 0 unspecified atom stereocenters. The summed E-state index contributed by atoms with van der Waals surface area (Å²) in [7, 11) is -2.28. The van der Waals surface area contributed by atoms with Gasteiger partial charge in [0.1, 0.15) is 16.5 Å². The molecule has 0 aliphatic carbocycles. The maximum Gasteiger partial charge on any atom is 0.182 e. The fourth-order valence-electron chi connectivity index (χ4n) is 2.49. The van der Waals surface area contributed by atoms with Gasteiger partial charge in [0, 0.05) is 6.26 Å². The molecule has 19 heavy (non-hydrogen) atoms. The van der Waals surface area contributed by atoms with Crippen molar-refractivity contribution in [2.24, 2.45) is 0 Å². The van der Waals surface area contributed by atoms with Crippen LogP contribution < -0.4 is 10.1 Å². The topological polar surface area (TPSA) is 55.4 Å². The summed E-state index contributed by atoms with van der Waals surface area (Å²) in [5.74, 6) is -0.385. The molecule has 1 saturated heterocycles. The standard InChI is InChI=1S/C13H18FNO3S/c1-18-12-8-10(9-3-5-15-6-4-9)7-11(14)13(12)19(2,16)17/h7-9,15H,3-6H2,1-2H3. The van der Waals surface area contributed by atoms with Gasteiger partial charge in [-0.1, -0.05) is 0 Å². The minimum Gasteiger partial charge on any atom is -0.495 e. The molecule has 0 atom stereocenters. The average Bonchev–Trinajstić information content (AvgIpc) is 2.37. The summed E-state index contributed by atoms with van der Waals surface area (Å²) in [6.45, 7) is 1.78. The van der Waals surface area contributed by atoms with Crippen molar-refractivity contribution >= 4 is 9.84 Å². The number of benzene rings is 1. The Bertz CT molecular complexity index is 565. The van der Waals surface area contributed by atoms with E-state index in [0.717, 1.165) is 37.8 Å². The molecule has 1 aromatic carbocycles. The first-order chi connectivity index (χ1) is 8.93. The Labute approximate surface area is 112 Å². The van der Waals surface area contributed by atoms with Crippen LogP contribution in [0.2, 0.25) is 0 Å². The monoisotopic (exact) mass is 287 g/mol. The van der Waals surface area contributed by atoms with Crippen molar-refractivity contribution in [3.63, 3.8) is 0 Å². The number of hydrogen-bond donors (Lipinski definition) is 1. The van der Waals surface area contributed by atoms with Gasteiger partial charge in [-0.05, 0) is 49.5 Å². The molecule has 4 nitrogen and oxygen atoms in total. The maximum atomic E-state index is 14.1. The second-order valence-corrected chi connectivity index (χ2v) is 6.78. The number of sulfone groups is 1. The predicted molar refractivity (Wildman–Crippen MR) is 70.9 cm³/mol. The zero-order chi connectivity index (χ0) is 14.0. The normalized spacial score (nSPS) is 17.4. The zero-order valence-electron chi connectivity index (χ0n) is 11.1. The molecular weight excluding hydrogens is 269 g/mol. The molecule has 1 fully saturated rings. The van der Waals surface area contributed by atoms with E-state index in [2.05, 4.69) is 5.32 Å². The van der Waals surface area contributed by atoms with Gasteiger partial charge < -0.3 is 10.1 Å². The van der Waals surface area contributed by atoms with E-state index in [-0.39, 0.29) is 16.6 Å². The second kappa shape index (κ2) is 5.46. The Morgan fingerprint density at radius 3 is 2.47 bits per heavy atom. The molecule has 1 N–H and O–H groups in total. The van der Waals surface area contributed by atoms with Crippen LogP contribution in [-0.4, -0.2) is 34.9 Å². The molecule has 1 aliphatic rings. The summed E-state index contributed by atoms with van der Waals surface area (Å²) in [4.78, 5) is -0.354. The molecule has 6 heteroatoms. The first-order valence-electron chi connectivity index (χ1n) is 6.21. The number of rotatable bonds is 3. The van der Waals surface area contributed by atoms with Gasteiger partial charge in [-0.2, -0.15) is 0 Å². The Hall–Kier alpha value is -1.14. The van der Waals surface area contributed by atoms with E-state index in [9.17, 15) is 12.8 Å². The predicted octanol–water partition coefficient (Wildman–Crippen LogP) is 1.70. The number of hydrogen-bond acceptors (Lipinski definition) is 4. The van der Waals surface area contributed by atoms with Gasteiger partial charge in [0.25, 0.3) is 0 Å². The highest BCUT2D eigenvalue weighted by molar-refractivity contribution is 7.90. The summed E-state index contributed by atoms with van der Waals surface area (Å²) >= 11 is 0. The van der Waals surface area contributed by atoms with Crippen LogP contribution in [0.25, 0.3) is 0 Å². The number of nitrogens with one attached hydrogen (secondary N) is 1. The van der Waals surface area contributed by atoms with Crippen LogP contribution in [0.5, 0.6) is 5.75 Å². The van der Waals surface area contributed by atoms with Crippen molar-refractivity contribution in [2.75, 3.05) is 26.5 Å². The molecular formula is C13H18FNO3S. The number of halogens is 1. The Kier molecular flexibility index (Phi) is 4.10. The number of methoxy groups -OCH3 is 1. The first-order valence-corrected chi connectivity index (χ1v) is 8.11. The summed E-state index contributed by atoms with van der Waals surface area (Å²) in [5, 5.41) is 3.24. The smallest absolute Gasteiger partial charge is 0.182 e. The minimum atomic E-state index is -3.64. The lowest BCUT2D eigenvalue weighted by molar-refractivity contribution is 0.390. The fourth-order valence-corrected chi connectivity index (χ4v) is 3.41. The lowest BCUT2D eigenvalue weighted by atomic mass is 9.90. The largest absolute Gasteiger partial charge is 0.495 e. The summed E-state index contributed by atoms with van der Waals surface area (Å²) in [6.07, 6.45) is 2.82. The van der Waals surface area contributed by atoms with Crippen LogP contribution in [0.1, 0.15) is 24.3 Å². The molecule has 1 heterocycles. The van der Waals surface area contributed by atoms with Crippen LogP contribution in [0.4, 0.5) is 4.39 Å². The molecule has 1 aliphatic heterocycles. The number of ether oxygens (including phenoxy) is 1. The zero-order valence-corrected chi connectivity index (χ0v) is 11.9. The van der Waals surface area contributed by atoms with Crippen LogP contribution in [0.15, 0.2) is 17.0 Å². The van der Waals surface area contributed by atoms with Gasteiger partial charge in [-0.3, -0.25) is 0 Å². The van der Waals surface area contributed by atoms with Crippen LogP contribution in [-0.2, 0) is 9.84 Å². The van der Waals surface area contributed by atoms with E-state index in [0.29, 0.717) is 0 Å². The molecule has 0 saturated carbocycles. The molecule has 0 bridgehead atoms. The minimum absolute atomic E-state index is 0.0935. The van der Waals surface area contributed by atoms with Crippen LogP contribution in [0, 0.1) is 5.82 Å². The summed E-state index contributed by atoms with van der Waals surface area (Å²) in [5.41, 5.74) is 0.809. The van der Waals surface area contributed by atoms with Gasteiger partial charge in [-0.25, -0.2) is 12.8 Å². The molecule has 0 amide bonds. The van der Waals surface area contributed by atoms with Gasteiger partial charge >= 0.3 is 0 Å². The Morgan fingerprint density at radius 2 is 1.95 bits per heavy atom. The van der Waals surface area contributed by atoms with Crippen molar-refractivity contribution in [3.05, 3.63) is 23.5 Å². The van der Waals surface area contributed by atoms with Crippen molar-refractivity contribution in [2.45, 2.75) is 23.7 Å². The SMILES string of the molecule is COc1cc(C2CCNCC2)cc(F)c1S(C)(=O)=O. The maximum absolute atomic E-state index is 14.1. The van der Waals surface area contributed by atoms with Crippen LogP contribution >= 0.6 is 0 Å². The van der Waals surface area contributed by atoms with E-state index in [1.165, 1.54) is 13.2 Å². The highest BCUT2D eigenvalue weighted by Gasteiger charge is 2.24. The molecule has 2 rings (SSSR count). The van der Waals surface area contributed by atoms with Crippen molar-refractivity contribution in [1.29, 1.82) is 0 Å². The lowest BCUT2D eigenvalue weighted by Crippen LogP contribution is -2.26. The van der Waals surface area contributed by atoms with E-state index >= 15 is 0 Å². The molecule has 0 radical (unpaired) electrons. The van der Waals surface area contributed by atoms with Crippen LogP contribution in [0.3, 0.4) is 0 Å². The summed E-state index contributed by atoms with van der Waals surface area (Å²) in [6, 6.07) is 2.98. The van der Waals surface area contributed by atoms with Gasteiger partial charge in [0.15, 0.2) is 9.84 Å². The van der Waals surface area contributed by atoms with E-state index < -0.39 is 15.7 Å². The van der Waals surface area contributed by atoms with Crippen molar-refractivity contribution < 1.29 is 17.5 Å². The van der Waals surface area contributed by atoms with Gasteiger partial charge in [0.05, 0.1) is 7.11 Å². The fraction of sp³-hybridized carbons (Fsp3) is 0.538. The quantitative estimate of drug-likeness (QED) is 0.919. The highest BCUT2D eigenvalue weighted by Crippen LogP contribution is 2.34. The highest BCUT2D eigenvalue weighted by atomic mass is 32.2.